The summed E-state index contributed by atoms with van der Waals surface area (Å²) in [6, 6.07) is 13.8. The van der Waals surface area contributed by atoms with E-state index < -0.39 is 17.4 Å². The summed E-state index contributed by atoms with van der Waals surface area (Å²) in [5.41, 5.74) is 7.90. The molecule has 402 valence electrons. The van der Waals surface area contributed by atoms with Gasteiger partial charge >= 0.3 is 0 Å². The zero-order valence-corrected chi connectivity index (χ0v) is 44.4. The van der Waals surface area contributed by atoms with Crippen LogP contribution in [0.3, 0.4) is 0 Å². The molecule has 14 atom stereocenters. The van der Waals surface area contributed by atoms with Crippen molar-refractivity contribution in [2.75, 3.05) is 80.9 Å². The van der Waals surface area contributed by atoms with Crippen LogP contribution in [-0.2, 0) is 63.9 Å². The number of methoxy groups -OCH3 is 1. The maximum Gasteiger partial charge on any atom is 0.207 e. The lowest BCUT2D eigenvalue weighted by molar-refractivity contribution is -0.332. The Kier molecular flexibility index (Phi) is 10.1. The van der Waals surface area contributed by atoms with Crippen LogP contribution in [0.5, 0.6) is 34.5 Å². The topological polar surface area (TPSA) is 142 Å². The highest BCUT2D eigenvalue weighted by molar-refractivity contribution is 5.64. The van der Waals surface area contributed by atoms with E-state index in [9.17, 15) is 10.2 Å². The lowest BCUT2D eigenvalue weighted by Crippen LogP contribution is -2.71. The number of fused-ring (bicyclic) bond motifs is 3. The Morgan fingerprint density at radius 2 is 0.920 bits per heavy atom. The Morgan fingerprint density at radius 1 is 0.507 bits per heavy atom. The van der Waals surface area contributed by atoms with Gasteiger partial charge in [0.05, 0.1) is 46.2 Å². The second-order valence-corrected chi connectivity index (χ2v) is 25.5. The average molecular weight is 1030 g/mol. The fourth-order valence-corrected chi connectivity index (χ4v) is 19.9. The molecule has 6 aliphatic carbocycles. The van der Waals surface area contributed by atoms with E-state index in [4.69, 9.17) is 47.4 Å². The standard InChI is InChI=1S/C21H27NO4.C20H25NO4.C19H23NO4/c1-12-11-24-21(26-12)7-6-14-15-10-13-4-5-16(23-3)18-17(13)20(14,19(21)25-18)8-9-22(15)2;1-21-8-7-19-13-5-6-20(23-9-2-10-24-20)18(19)25-17-15(22)4-3-12(16(17)19)11-14(13)21;1-20-7-6-18-12-4-5-19(22-8-9-23-19)17(18)24-16-14(21)3-2-11(15(16)18)10-13(12)20/h4-5,12,14-15,19H,6-11H2,1-3H3;3-4,13-14,18,22H,2,5-11H2,1H3;2-3,12-13,17,21H,4-10H2,1H3/t12?,14?,15-,19-,20+,21?;13?,14-,18-,19+;12?,13-,17-,18+/m111/s1. The van der Waals surface area contributed by atoms with Gasteiger partial charge in [0.15, 0.2) is 52.8 Å². The monoisotopic (exact) mass is 1030 g/mol. The number of benzene rings is 3. The number of rotatable bonds is 1. The van der Waals surface area contributed by atoms with E-state index in [0.717, 1.165) is 128 Å². The van der Waals surface area contributed by atoms with Crippen LogP contribution in [0.2, 0.25) is 0 Å². The molecule has 3 saturated carbocycles. The van der Waals surface area contributed by atoms with Gasteiger partial charge in [0.25, 0.3) is 0 Å². The maximum absolute atomic E-state index is 10.5. The van der Waals surface area contributed by atoms with Crippen LogP contribution >= 0.6 is 0 Å². The molecule has 9 aliphatic heterocycles. The molecule has 15 nitrogen and oxygen atoms in total. The predicted molar refractivity (Wildman–Crippen MR) is 273 cm³/mol. The third-order valence-corrected chi connectivity index (χ3v) is 22.7. The summed E-state index contributed by atoms with van der Waals surface area (Å²) in [6.45, 7) is 8.73. The summed E-state index contributed by atoms with van der Waals surface area (Å²) >= 11 is 0. The van der Waals surface area contributed by atoms with Crippen molar-refractivity contribution in [1.29, 1.82) is 0 Å². The summed E-state index contributed by atoms with van der Waals surface area (Å²) < 4.78 is 63.0. The first-order valence-electron chi connectivity index (χ1n) is 28.8. The van der Waals surface area contributed by atoms with Gasteiger partial charge in [-0.3, -0.25) is 0 Å². The van der Waals surface area contributed by atoms with Gasteiger partial charge in [-0.05, 0) is 165 Å². The third kappa shape index (κ3) is 5.88. The first-order valence-corrected chi connectivity index (χ1v) is 28.8. The first kappa shape index (κ1) is 47.1. The Morgan fingerprint density at radius 3 is 1.37 bits per heavy atom. The number of ether oxygens (including phenoxy) is 10. The van der Waals surface area contributed by atoms with Crippen molar-refractivity contribution in [3.63, 3.8) is 0 Å². The predicted octanol–water partition coefficient (Wildman–Crippen LogP) is 6.49. The Hall–Kier alpha value is -3.90. The molecule has 75 heavy (non-hydrogen) atoms. The van der Waals surface area contributed by atoms with E-state index in [1.54, 1.807) is 19.2 Å². The van der Waals surface area contributed by atoms with E-state index in [-0.39, 0.29) is 52.2 Å². The highest BCUT2D eigenvalue weighted by Crippen LogP contribution is 2.70. The number of hydrogen-bond donors (Lipinski definition) is 2. The molecule has 18 rings (SSSR count). The average Bonchev–Trinajstić information content (AvgIpc) is 4.32. The van der Waals surface area contributed by atoms with Gasteiger partial charge in [-0.1, -0.05) is 18.2 Å². The van der Waals surface area contributed by atoms with Crippen molar-refractivity contribution in [2.45, 2.75) is 167 Å². The van der Waals surface area contributed by atoms with Crippen molar-refractivity contribution in [3.8, 4) is 34.5 Å². The highest BCUT2D eigenvalue weighted by Gasteiger charge is 2.74. The van der Waals surface area contributed by atoms with Crippen molar-refractivity contribution in [1.82, 2.24) is 14.7 Å². The number of likely N-dealkylation sites (N-methyl/N-ethyl adjacent to an activating group) is 3. The van der Waals surface area contributed by atoms with E-state index in [1.807, 2.05) is 0 Å². The minimum atomic E-state index is -0.644. The Labute approximate surface area is 440 Å². The molecule has 9 fully saturated rings. The Balaban J connectivity index is 0.0000000954. The number of piperidine rings is 3. The highest BCUT2D eigenvalue weighted by atomic mass is 16.8. The molecule has 6 saturated heterocycles. The van der Waals surface area contributed by atoms with Crippen LogP contribution in [0.15, 0.2) is 36.4 Å². The number of likely N-dealkylation sites (tertiary alicyclic amines) is 3. The van der Waals surface area contributed by atoms with Gasteiger partial charge in [0.1, 0.15) is 0 Å². The molecule has 15 heteroatoms. The molecule has 3 aromatic rings. The second-order valence-electron chi connectivity index (χ2n) is 25.5. The van der Waals surface area contributed by atoms with Crippen LogP contribution in [0, 0.1) is 17.8 Å². The first-order chi connectivity index (χ1) is 36.4. The zero-order chi connectivity index (χ0) is 50.6. The molecule has 3 aromatic carbocycles. The largest absolute Gasteiger partial charge is 0.504 e. The molecule has 0 radical (unpaired) electrons. The number of hydrogen-bond acceptors (Lipinski definition) is 15. The molecular weight excluding hydrogens is 955 g/mol. The van der Waals surface area contributed by atoms with Gasteiger partial charge in [0, 0.05) is 70.3 Å². The number of phenols is 2. The third-order valence-electron chi connectivity index (χ3n) is 22.7. The Bertz CT molecular complexity index is 2850. The van der Waals surface area contributed by atoms with Gasteiger partial charge in [0.2, 0.25) is 17.4 Å². The van der Waals surface area contributed by atoms with Crippen molar-refractivity contribution in [2.24, 2.45) is 17.8 Å². The normalized spacial score (nSPS) is 42.5. The van der Waals surface area contributed by atoms with Crippen LogP contribution < -0.4 is 18.9 Å². The minimum Gasteiger partial charge on any atom is -0.504 e. The van der Waals surface area contributed by atoms with Gasteiger partial charge in [-0.2, -0.15) is 0 Å². The van der Waals surface area contributed by atoms with Crippen molar-refractivity contribution < 1.29 is 57.6 Å². The minimum absolute atomic E-state index is 0.00303. The number of nitrogens with zero attached hydrogens (tertiary/aromatic N) is 3. The lowest BCUT2D eigenvalue weighted by Gasteiger charge is -2.61. The maximum atomic E-state index is 10.5. The van der Waals surface area contributed by atoms with E-state index in [1.165, 1.54) is 33.4 Å². The van der Waals surface area contributed by atoms with Crippen LogP contribution in [0.25, 0.3) is 0 Å². The molecule has 5 unspecified atom stereocenters. The fraction of sp³-hybridized carbons (Fsp3) is 0.700. The van der Waals surface area contributed by atoms with Crippen LogP contribution in [-0.4, -0.2) is 166 Å². The molecule has 15 aliphatic rings. The van der Waals surface area contributed by atoms with Crippen LogP contribution in [0.4, 0.5) is 0 Å². The van der Waals surface area contributed by atoms with E-state index >= 15 is 0 Å². The van der Waals surface area contributed by atoms with E-state index in [0.29, 0.717) is 67.2 Å². The zero-order valence-electron chi connectivity index (χ0n) is 44.4. The summed E-state index contributed by atoms with van der Waals surface area (Å²) in [5.74, 6) is 3.57. The quantitative estimate of drug-likeness (QED) is 0.274. The summed E-state index contributed by atoms with van der Waals surface area (Å²) in [4.78, 5) is 7.62. The molecular formula is C60H75N3O12. The van der Waals surface area contributed by atoms with Crippen LogP contribution in [0.1, 0.15) is 105 Å². The molecule has 6 spiro atoms. The van der Waals surface area contributed by atoms with Gasteiger partial charge in [-0.15, -0.1) is 0 Å². The SMILES string of the molecule is CN1CC[C@]23c4c5ccc(O)c4O[C@H]2C2(CCC3[C@H]1C5)OCCCO2.CN1CC[C@]23c4c5ccc(O)c4O[C@H]2C2(CCC3[C@H]1C5)OCCO2.COc1ccc2c3c1O[C@H]1C4(CCC5[C@@H](C2)N(C)CC[C@@]351)OCC(C)O4. The molecule has 6 bridgehead atoms. The van der Waals surface area contributed by atoms with E-state index in [2.05, 4.69) is 67.0 Å². The second kappa shape index (κ2) is 16.1. The summed E-state index contributed by atoms with van der Waals surface area (Å²) in [5, 5.41) is 21.0. The lowest BCUT2D eigenvalue weighted by atomic mass is 9.50. The molecule has 0 aromatic heterocycles. The number of phenolic OH excluding ortho intramolecular Hbond substituents is 2. The summed E-state index contributed by atoms with van der Waals surface area (Å²) in [6.07, 6.45) is 13.2. The van der Waals surface area contributed by atoms with Gasteiger partial charge in [-0.25, -0.2) is 0 Å². The molecule has 0 amide bonds. The molecule has 2 N–H and O–H groups in total. The van der Waals surface area contributed by atoms with Crippen molar-refractivity contribution in [3.05, 3.63) is 69.8 Å². The fourth-order valence-electron chi connectivity index (χ4n) is 19.9. The van der Waals surface area contributed by atoms with Gasteiger partial charge < -0.3 is 72.3 Å². The smallest absolute Gasteiger partial charge is 0.207 e. The molecule has 9 heterocycles. The number of aromatic hydroxyl groups is 2. The summed E-state index contributed by atoms with van der Waals surface area (Å²) in [7, 11) is 8.53. The van der Waals surface area contributed by atoms with Crippen molar-refractivity contribution >= 4 is 0 Å².